The van der Waals surface area contributed by atoms with E-state index in [0.717, 1.165) is 0 Å². The summed E-state index contributed by atoms with van der Waals surface area (Å²) in [7, 11) is 1.69. The standard InChI is InChI=1S/C12H18N4O3/c1-9(12(18)19)15-5-7-16(8-6-15)10-11(17)14(2)4-3-13-10/h3-4,9H,5-8H2,1-2H3,(H,18,19). The highest BCUT2D eigenvalue weighted by Crippen LogP contribution is 2.10. The molecule has 0 aromatic carbocycles. The Morgan fingerprint density at radius 2 is 2.00 bits per heavy atom. The first kappa shape index (κ1) is 13.5. The van der Waals surface area contributed by atoms with Crippen molar-refractivity contribution in [3.8, 4) is 0 Å². The average molecular weight is 266 g/mol. The fourth-order valence-corrected chi connectivity index (χ4v) is 2.18. The smallest absolute Gasteiger partial charge is 0.320 e. The summed E-state index contributed by atoms with van der Waals surface area (Å²) in [6.45, 7) is 4.14. The number of carboxylic acid groups (broad SMARTS) is 1. The van der Waals surface area contributed by atoms with E-state index in [2.05, 4.69) is 4.98 Å². The second-order valence-corrected chi connectivity index (χ2v) is 4.70. The number of hydrogen-bond donors (Lipinski definition) is 1. The van der Waals surface area contributed by atoms with E-state index >= 15 is 0 Å². The van der Waals surface area contributed by atoms with E-state index in [0.29, 0.717) is 32.0 Å². The highest BCUT2D eigenvalue weighted by molar-refractivity contribution is 5.72. The van der Waals surface area contributed by atoms with Crippen LogP contribution >= 0.6 is 0 Å². The van der Waals surface area contributed by atoms with E-state index < -0.39 is 12.0 Å². The van der Waals surface area contributed by atoms with Gasteiger partial charge in [0.15, 0.2) is 5.82 Å². The summed E-state index contributed by atoms with van der Waals surface area (Å²) in [6.07, 6.45) is 3.22. The number of piperazine rings is 1. The molecule has 7 heteroatoms. The van der Waals surface area contributed by atoms with Gasteiger partial charge in [0, 0.05) is 45.6 Å². The minimum atomic E-state index is -0.817. The summed E-state index contributed by atoms with van der Waals surface area (Å²) in [4.78, 5) is 30.8. The molecule has 2 heterocycles. The molecule has 0 spiro atoms. The van der Waals surface area contributed by atoms with Gasteiger partial charge in [-0.25, -0.2) is 4.98 Å². The second kappa shape index (κ2) is 5.40. The highest BCUT2D eigenvalue weighted by atomic mass is 16.4. The van der Waals surface area contributed by atoms with Crippen molar-refractivity contribution in [1.82, 2.24) is 14.5 Å². The molecular formula is C12H18N4O3. The summed E-state index contributed by atoms with van der Waals surface area (Å²) in [5.74, 6) is -0.380. The predicted octanol–water partition coefficient (Wildman–Crippen LogP) is -0.625. The van der Waals surface area contributed by atoms with Gasteiger partial charge in [0.1, 0.15) is 6.04 Å². The molecule has 1 aromatic heterocycles. The van der Waals surface area contributed by atoms with Crippen molar-refractivity contribution in [2.75, 3.05) is 31.1 Å². The number of aliphatic carboxylic acids is 1. The number of hydrogen-bond acceptors (Lipinski definition) is 5. The number of rotatable bonds is 3. The monoisotopic (exact) mass is 266 g/mol. The maximum absolute atomic E-state index is 11.9. The van der Waals surface area contributed by atoms with Crippen molar-refractivity contribution in [2.45, 2.75) is 13.0 Å². The van der Waals surface area contributed by atoms with Gasteiger partial charge in [0.2, 0.25) is 0 Å². The third kappa shape index (κ3) is 2.76. The topological polar surface area (TPSA) is 78.7 Å². The average Bonchev–Trinajstić information content (AvgIpc) is 2.41. The molecule has 7 nitrogen and oxygen atoms in total. The Bertz CT molecular complexity index is 520. The summed E-state index contributed by atoms with van der Waals surface area (Å²) in [6, 6.07) is -0.492. The molecule has 104 valence electrons. The molecule has 1 aromatic rings. The number of carbonyl (C=O) groups is 1. The quantitative estimate of drug-likeness (QED) is 0.785. The van der Waals surface area contributed by atoms with Gasteiger partial charge in [-0.1, -0.05) is 0 Å². The van der Waals surface area contributed by atoms with Crippen LogP contribution in [0.2, 0.25) is 0 Å². The number of anilines is 1. The molecule has 1 atom stereocenters. The van der Waals surface area contributed by atoms with Crippen LogP contribution < -0.4 is 10.5 Å². The van der Waals surface area contributed by atoms with Crippen molar-refractivity contribution in [3.05, 3.63) is 22.7 Å². The Morgan fingerprint density at radius 1 is 1.37 bits per heavy atom. The normalized spacial score (nSPS) is 18.3. The minimum absolute atomic E-state index is 0.123. The molecule has 1 aliphatic heterocycles. The third-order valence-electron chi connectivity index (χ3n) is 3.52. The van der Waals surface area contributed by atoms with Crippen LogP contribution in [0.15, 0.2) is 17.2 Å². The second-order valence-electron chi connectivity index (χ2n) is 4.70. The number of nitrogens with zero attached hydrogens (tertiary/aromatic N) is 4. The van der Waals surface area contributed by atoms with Crippen LogP contribution in [0.5, 0.6) is 0 Å². The van der Waals surface area contributed by atoms with E-state index in [1.165, 1.54) is 4.57 Å². The van der Waals surface area contributed by atoms with Crippen LogP contribution in [0.4, 0.5) is 5.82 Å². The molecule has 1 N–H and O–H groups in total. The van der Waals surface area contributed by atoms with E-state index in [1.807, 2.05) is 9.80 Å². The summed E-state index contributed by atoms with van der Waals surface area (Å²) in [5, 5.41) is 8.98. The molecule has 1 aliphatic rings. The van der Waals surface area contributed by atoms with Gasteiger partial charge in [0.25, 0.3) is 5.56 Å². The molecule has 19 heavy (non-hydrogen) atoms. The maximum atomic E-state index is 11.9. The Balaban J connectivity index is 2.06. The van der Waals surface area contributed by atoms with E-state index in [4.69, 9.17) is 5.11 Å². The number of carboxylic acids is 1. The molecule has 1 saturated heterocycles. The zero-order valence-corrected chi connectivity index (χ0v) is 11.1. The lowest BCUT2D eigenvalue weighted by atomic mass is 10.2. The molecule has 0 aliphatic carbocycles. The summed E-state index contributed by atoms with van der Waals surface area (Å²) in [5.41, 5.74) is -0.123. The van der Waals surface area contributed by atoms with Crippen molar-refractivity contribution in [3.63, 3.8) is 0 Å². The van der Waals surface area contributed by atoms with E-state index in [1.54, 1.807) is 26.4 Å². The van der Waals surface area contributed by atoms with Crippen LogP contribution in [0, 0.1) is 0 Å². The highest BCUT2D eigenvalue weighted by Gasteiger charge is 2.26. The molecule has 0 bridgehead atoms. The van der Waals surface area contributed by atoms with Crippen LogP contribution in [0.25, 0.3) is 0 Å². The van der Waals surface area contributed by atoms with Gasteiger partial charge < -0.3 is 14.6 Å². The lowest BCUT2D eigenvalue weighted by Gasteiger charge is -2.36. The van der Waals surface area contributed by atoms with Gasteiger partial charge in [-0.3, -0.25) is 14.5 Å². The number of aryl methyl sites for hydroxylation is 1. The maximum Gasteiger partial charge on any atom is 0.320 e. The Labute approximate surface area is 111 Å². The van der Waals surface area contributed by atoms with Crippen LogP contribution in [-0.4, -0.2) is 57.7 Å². The SMILES string of the molecule is CC(C(=O)O)N1CCN(c2nccn(C)c2=O)CC1. The first-order chi connectivity index (χ1) is 9.00. The van der Waals surface area contributed by atoms with Gasteiger partial charge in [-0.05, 0) is 6.92 Å². The summed E-state index contributed by atoms with van der Waals surface area (Å²) < 4.78 is 1.49. The fourth-order valence-electron chi connectivity index (χ4n) is 2.18. The molecule has 1 unspecified atom stereocenters. The lowest BCUT2D eigenvalue weighted by molar-refractivity contribution is -0.142. The fraction of sp³-hybridized carbons (Fsp3) is 0.583. The van der Waals surface area contributed by atoms with Crippen molar-refractivity contribution >= 4 is 11.8 Å². The van der Waals surface area contributed by atoms with Gasteiger partial charge >= 0.3 is 5.97 Å². The van der Waals surface area contributed by atoms with Crippen LogP contribution in [0.1, 0.15) is 6.92 Å². The van der Waals surface area contributed by atoms with E-state index in [9.17, 15) is 9.59 Å². The summed E-state index contributed by atoms with van der Waals surface area (Å²) >= 11 is 0. The molecule has 0 radical (unpaired) electrons. The third-order valence-corrected chi connectivity index (χ3v) is 3.52. The Kier molecular flexibility index (Phi) is 3.84. The lowest BCUT2D eigenvalue weighted by Crippen LogP contribution is -2.53. The van der Waals surface area contributed by atoms with Gasteiger partial charge in [-0.2, -0.15) is 0 Å². The zero-order chi connectivity index (χ0) is 14.0. The first-order valence-corrected chi connectivity index (χ1v) is 6.24. The number of aromatic nitrogens is 2. The van der Waals surface area contributed by atoms with Crippen molar-refractivity contribution in [2.24, 2.45) is 7.05 Å². The minimum Gasteiger partial charge on any atom is -0.480 e. The molecule has 0 saturated carbocycles. The molecule has 2 rings (SSSR count). The molecule has 1 fully saturated rings. The van der Waals surface area contributed by atoms with Gasteiger partial charge in [0.05, 0.1) is 0 Å². The van der Waals surface area contributed by atoms with Gasteiger partial charge in [-0.15, -0.1) is 0 Å². The van der Waals surface area contributed by atoms with E-state index in [-0.39, 0.29) is 5.56 Å². The zero-order valence-electron chi connectivity index (χ0n) is 11.1. The van der Waals surface area contributed by atoms with Crippen molar-refractivity contribution < 1.29 is 9.90 Å². The molecular weight excluding hydrogens is 248 g/mol. The van der Waals surface area contributed by atoms with Crippen LogP contribution in [-0.2, 0) is 11.8 Å². The van der Waals surface area contributed by atoms with Crippen molar-refractivity contribution in [1.29, 1.82) is 0 Å². The Morgan fingerprint density at radius 3 is 2.58 bits per heavy atom. The largest absolute Gasteiger partial charge is 0.480 e. The predicted molar refractivity (Wildman–Crippen MR) is 70.4 cm³/mol. The Hall–Kier alpha value is -1.89. The molecule has 0 amide bonds. The first-order valence-electron chi connectivity index (χ1n) is 6.24. The van der Waals surface area contributed by atoms with Crippen LogP contribution in [0.3, 0.4) is 0 Å².